The number of aliphatic hydroxyl groups excluding tert-OH is 9. The van der Waals surface area contributed by atoms with Gasteiger partial charge < -0.3 is 91.1 Å². The first-order valence-electron chi connectivity index (χ1n) is 30.8. The van der Waals surface area contributed by atoms with Crippen LogP contribution in [-0.4, -0.2) is 223 Å². The second-order valence-electron chi connectivity index (χ2n) is 23.8. The van der Waals surface area contributed by atoms with E-state index in [4.69, 9.17) is 29.4 Å². The molecule has 4 aliphatic rings. The molecule has 5 rings (SSSR count). The summed E-state index contributed by atoms with van der Waals surface area (Å²) < 4.78 is 29.8. The molecule has 0 spiro atoms. The number of carbonyl (C=O) groups is 4. The lowest BCUT2D eigenvalue weighted by Gasteiger charge is -2.46. The normalized spacial score (nSPS) is 36.9. The highest BCUT2D eigenvalue weighted by Gasteiger charge is 2.51. The van der Waals surface area contributed by atoms with E-state index < -0.39 is 160 Å². The number of rotatable bonds is 14. The summed E-state index contributed by atoms with van der Waals surface area (Å²) >= 11 is 0. The van der Waals surface area contributed by atoms with Gasteiger partial charge in [-0.3, -0.25) is 24.1 Å². The number of ketones is 2. The number of hydrogen-bond acceptors (Lipinski definition) is 22. The fraction of sp³-hybridized carbons (Fsp3) is 0.631. The van der Waals surface area contributed by atoms with Crippen LogP contribution in [0.15, 0.2) is 109 Å². The minimum atomic E-state index is -2.29. The van der Waals surface area contributed by atoms with Gasteiger partial charge in [0.25, 0.3) is 0 Å². The van der Waals surface area contributed by atoms with Gasteiger partial charge in [-0.25, -0.2) is 0 Å². The van der Waals surface area contributed by atoms with Crippen LogP contribution >= 0.6 is 0 Å². The Hall–Kier alpha value is -5.16. The maximum absolute atomic E-state index is 14.1. The number of esters is 1. The summed E-state index contributed by atoms with van der Waals surface area (Å²) in [5.41, 5.74) is 7.47. The minimum absolute atomic E-state index is 0.103. The van der Waals surface area contributed by atoms with Crippen molar-refractivity contribution in [3.8, 4) is 0 Å². The largest absolute Gasteiger partial charge is 0.461 e. The monoisotopic (exact) mass is 1240 g/mol. The van der Waals surface area contributed by atoms with Gasteiger partial charge in [0.15, 0.2) is 17.9 Å². The number of hydrogen-bond donors (Lipinski definition) is 13. The molecule has 4 aliphatic heterocycles. The number of benzene rings is 1. The third-order valence-electron chi connectivity index (χ3n) is 16.2. The fourth-order valence-electron chi connectivity index (χ4n) is 11.4. The molecule has 3 fully saturated rings. The Morgan fingerprint density at radius 2 is 1.32 bits per heavy atom. The van der Waals surface area contributed by atoms with Gasteiger partial charge in [-0.05, 0) is 69.2 Å². The Labute approximate surface area is 516 Å². The number of amides is 1. The topological polar surface area (TPSA) is 370 Å². The maximum Gasteiger partial charge on any atom is 0.308 e. The van der Waals surface area contributed by atoms with Crippen molar-refractivity contribution >= 4 is 29.1 Å². The first kappa shape index (κ1) is 73.6. The molecular weight excluding hydrogens is 1140 g/mol. The zero-order valence-corrected chi connectivity index (χ0v) is 51.2. The molecule has 492 valence electrons. The van der Waals surface area contributed by atoms with Crippen molar-refractivity contribution in [2.24, 2.45) is 23.5 Å². The van der Waals surface area contributed by atoms with Gasteiger partial charge in [-0.2, -0.15) is 0 Å². The molecular formula is C65H98N4O19. The standard InChI is InChI=1S/C65H98N4O19/c1-41-17-15-13-11-9-7-5-6-8-10-12-14-16-18-53(86-64-61(81)59(66)60(80)43(3)85-64)38-56-58(63(82)68-25-26-69-27-29-84-30-28-69)55(78)40-65(83,88-56)39-52(76)35-50(74)33-48(72)31-47(71)32-49(73)34-51(75)37-57(79)87-62(41)42(2)19-24-46(70)36-54(77)44-20-22-45(67-4)23-21-44/h5-18,20-23,41-43,46-48,50-53,55-56,58-62,64,67,70-72,74-76,78,80-81,83H,19,24-40,66H2,1-4H3,(H,68,82)/b6-5+,9-7+,10-8+,13-11+,14-12+,17-15+,18-16+. The molecule has 23 nitrogen and oxygen atoms in total. The lowest BCUT2D eigenvalue weighted by molar-refractivity contribution is -0.307. The van der Waals surface area contributed by atoms with Crippen LogP contribution in [0.3, 0.4) is 0 Å². The molecule has 4 heterocycles. The molecule has 14 N–H and O–H groups in total. The second-order valence-corrected chi connectivity index (χ2v) is 23.8. The molecule has 19 atom stereocenters. The highest BCUT2D eigenvalue weighted by atomic mass is 16.7. The van der Waals surface area contributed by atoms with Gasteiger partial charge in [0.1, 0.15) is 18.0 Å². The minimum Gasteiger partial charge on any atom is -0.461 e. The number of morpholine rings is 1. The summed E-state index contributed by atoms with van der Waals surface area (Å²) in [7, 11) is 1.77. The molecule has 0 saturated carbocycles. The number of Topliss-reactive ketones (excluding diaryl/α,β-unsaturated/α-hetero) is 2. The van der Waals surface area contributed by atoms with E-state index in [9.17, 15) is 70.2 Å². The second kappa shape index (κ2) is 37.9. The molecule has 0 aliphatic carbocycles. The number of cyclic esters (lactones) is 1. The third-order valence-corrected chi connectivity index (χ3v) is 16.2. The molecule has 2 bridgehead atoms. The number of nitrogens with zero attached hydrogens (tertiary/aromatic N) is 1. The number of anilines is 1. The highest BCUT2D eigenvalue weighted by molar-refractivity contribution is 5.96. The van der Waals surface area contributed by atoms with Gasteiger partial charge in [0, 0.05) is 88.9 Å². The summed E-state index contributed by atoms with van der Waals surface area (Å²) in [5.74, 6) is -6.48. The van der Waals surface area contributed by atoms with Crippen molar-refractivity contribution in [1.29, 1.82) is 0 Å². The molecule has 1 aromatic carbocycles. The fourth-order valence-corrected chi connectivity index (χ4v) is 11.4. The predicted octanol–water partition coefficient (Wildman–Crippen LogP) is 2.11. The van der Waals surface area contributed by atoms with E-state index in [1.54, 1.807) is 117 Å². The Morgan fingerprint density at radius 1 is 0.739 bits per heavy atom. The number of fused-ring (bicyclic) bond motifs is 2. The SMILES string of the molecule is CNc1ccc(C(=O)CC(O)CCC(C)C2OC(=O)CC(O)CC(=O)CC(O)CC(O)CC(O)CC(O)CC3(O)CC(O)C(C(=O)NCCN4CCOCC4)C(CC(OC4OC(C)C(O)C(N)C4O)/C=C/C=C/C=C/C=C/C=C/C=C/C=C/C2C)O3)cc1. The van der Waals surface area contributed by atoms with E-state index in [1.807, 2.05) is 19.9 Å². The Kier molecular flexibility index (Phi) is 31.7. The van der Waals surface area contributed by atoms with E-state index in [0.717, 1.165) is 5.69 Å². The van der Waals surface area contributed by atoms with Gasteiger partial charge >= 0.3 is 5.97 Å². The molecule has 3 saturated heterocycles. The molecule has 0 radical (unpaired) electrons. The Morgan fingerprint density at radius 3 is 1.94 bits per heavy atom. The number of ether oxygens (including phenoxy) is 5. The van der Waals surface area contributed by atoms with Crippen LogP contribution in [0.2, 0.25) is 0 Å². The molecule has 88 heavy (non-hydrogen) atoms. The average molecular weight is 1240 g/mol. The van der Waals surface area contributed by atoms with E-state index >= 15 is 0 Å². The van der Waals surface area contributed by atoms with Crippen molar-refractivity contribution in [3.63, 3.8) is 0 Å². The van der Waals surface area contributed by atoms with E-state index in [-0.39, 0.29) is 56.3 Å². The molecule has 1 amide bonds. The third kappa shape index (κ3) is 25.6. The molecule has 19 unspecified atom stereocenters. The van der Waals surface area contributed by atoms with Crippen LogP contribution in [0.25, 0.3) is 0 Å². The first-order valence-corrected chi connectivity index (χ1v) is 30.8. The van der Waals surface area contributed by atoms with Crippen LogP contribution in [0, 0.1) is 17.8 Å². The number of aliphatic hydroxyl groups is 10. The number of allylic oxidation sites excluding steroid dienone is 12. The summed E-state index contributed by atoms with van der Waals surface area (Å²) in [5, 5.41) is 117. The summed E-state index contributed by atoms with van der Waals surface area (Å²) in [6.07, 6.45) is 3.27. The van der Waals surface area contributed by atoms with Crippen molar-refractivity contribution in [2.75, 3.05) is 51.8 Å². The lowest BCUT2D eigenvalue weighted by atomic mass is 9.82. The van der Waals surface area contributed by atoms with Gasteiger partial charge in [-0.15, -0.1) is 0 Å². The van der Waals surface area contributed by atoms with Crippen molar-refractivity contribution in [2.45, 2.75) is 195 Å². The predicted molar refractivity (Wildman–Crippen MR) is 328 cm³/mol. The average Bonchev–Trinajstić information content (AvgIpc) is 0.946. The molecule has 1 aromatic rings. The summed E-state index contributed by atoms with van der Waals surface area (Å²) in [4.78, 5) is 55.6. The quantitative estimate of drug-likeness (QED) is 0.0937. The Balaban J connectivity index is 1.35. The Bertz CT molecular complexity index is 2500. The van der Waals surface area contributed by atoms with Gasteiger partial charge in [0.2, 0.25) is 5.91 Å². The van der Waals surface area contributed by atoms with Gasteiger partial charge in [0.05, 0.1) is 98.7 Å². The van der Waals surface area contributed by atoms with Crippen LogP contribution in [0.5, 0.6) is 0 Å². The number of nitrogens with one attached hydrogen (secondary N) is 2. The van der Waals surface area contributed by atoms with E-state index in [1.165, 1.54) is 0 Å². The smallest absolute Gasteiger partial charge is 0.308 e. The zero-order chi connectivity index (χ0) is 64.3. The lowest BCUT2D eigenvalue weighted by Crippen LogP contribution is -2.62. The van der Waals surface area contributed by atoms with Crippen LogP contribution < -0.4 is 16.4 Å². The van der Waals surface area contributed by atoms with Crippen LogP contribution in [-0.2, 0) is 38.1 Å². The van der Waals surface area contributed by atoms with Gasteiger partial charge in [-0.1, -0.05) is 98.9 Å². The summed E-state index contributed by atoms with van der Waals surface area (Å²) in [6.45, 7) is 8.41. The van der Waals surface area contributed by atoms with Crippen molar-refractivity contribution in [1.82, 2.24) is 10.2 Å². The zero-order valence-electron chi connectivity index (χ0n) is 51.2. The molecule has 0 aromatic heterocycles. The summed E-state index contributed by atoms with van der Waals surface area (Å²) in [6, 6.07) is 5.77. The highest BCUT2D eigenvalue weighted by Crippen LogP contribution is 2.38. The van der Waals surface area contributed by atoms with E-state index in [0.29, 0.717) is 44.8 Å². The number of carbonyl (C=O) groups excluding carboxylic acids is 4. The van der Waals surface area contributed by atoms with Crippen molar-refractivity contribution < 1.29 is 93.9 Å². The molecule has 23 heteroatoms. The first-order chi connectivity index (χ1) is 41.9. The van der Waals surface area contributed by atoms with Crippen LogP contribution in [0.4, 0.5) is 5.69 Å². The van der Waals surface area contributed by atoms with E-state index in [2.05, 4.69) is 15.5 Å². The van der Waals surface area contributed by atoms with Crippen LogP contribution in [0.1, 0.15) is 108 Å². The van der Waals surface area contributed by atoms with Crippen molar-refractivity contribution in [3.05, 3.63) is 115 Å². The number of nitrogens with two attached hydrogens (primary N) is 1. The maximum atomic E-state index is 14.1.